The summed E-state index contributed by atoms with van der Waals surface area (Å²) < 4.78 is 13.1. The highest BCUT2D eigenvalue weighted by molar-refractivity contribution is 5.16. The van der Waals surface area contributed by atoms with Crippen LogP contribution in [-0.2, 0) is 6.54 Å². The van der Waals surface area contributed by atoms with E-state index in [1.165, 1.54) is 6.07 Å². The van der Waals surface area contributed by atoms with Crippen LogP contribution in [0, 0.1) is 11.7 Å². The molecule has 1 aromatic carbocycles. The van der Waals surface area contributed by atoms with Crippen LogP contribution in [0.4, 0.5) is 4.39 Å². The van der Waals surface area contributed by atoms with Crippen molar-refractivity contribution in [1.29, 1.82) is 0 Å². The lowest BCUT2D eigenvalue weighted by atomic mass is 9.97. The first-order valence-electron chi connectivity index (χ1n) is 6.23. The SMILES string of the molecule is CCC(C)C(CN)N(C)Cc1cccc(F)c1. The molecule has 0 amide bonds. The van der Waals surface area contributed by atoms with Crippen molar-refractivity contribution in [3.8, 4) is 0 Å². The van der Waals surface area contributed by atoms with E-state index in [0.717, 1.165) is 18.5 Å². The average molecular weight is 238 g/mol. The summed E-state index contributed by atoms with van der Waals surface area (Å²) in [6.45, 7) is 5.76. The fourth-order valence-corrected chi connectivity index (χ4v) is 2.16. The Labute approximate surface area is 104 Å². The molecule has 2 atom stereocenters. The Kier molecular flexibility index (Phi) is 5.59. The van der Waals surface area contributed by atoms with Gasteiger partial charge in [-0.25, -0.2) is 4.39 Å². The molecule has 0 spiro atoms. The summed E-state index contributed by atoms with van der Waals surface area (Å²) in [5.41, 5.74) is 6.81. The van der Waals surface area contributed by atoms with Gasteiger partial charge in [0, 0.05) is 19.1 Å². The molecule has 0 aliphatic carbocycles. The van der Waals surface area contributed by atoms with E-state index < -0.39 is 0 Å². The average Bonchev–Trinajstić information content (AvgIpc) is 2.29. The summed E-state index contributed by atoms with van der Waals surface area (Å²) in [5, 5.41) is 0. The Bertz CT molecular complexity index is 341. The first-order valence-corrected chi connectivity index (χ1v) is 6.23. The molecule has 2 unspecified atom stereocenters. The van der Waals surface area contributed by atoms with Gasteiger partial charge in [-0.2, -0.15) is 0 Å². The fraction of sp³-hybridized carbons (Fsp3) is 0.571. The zero-order chi connectivity index (χ0) is 12.8. The molecule has 0 radical (unpaired) electrons. The molecule has 0 saturated heterocycles. The third-order valence-corrected chi connectivity index (χ3v) is 3.43. The van der Waals surface area contributed by atoms with Crippen molar-refractivity contribution in [2.24, 2.45) is 11.7 Å². The molecule has 96 valence electrons. The molecule has 0 aromatic heterocycles. The van der Waals surface area contributed by atoms with Gasteiger partial charge in [0.25, 0.3) is 0 Å². The molecule has 0 bridgehead atoms. The molecular formula is C14H23FN2. The quantitative estimate of drug-likeness (QED) is 0.825. The first kappa shape index (κ1) is 14.1. The summed E-state index contributed by atoms with van der Waals surface area (Å²) in [7, 11) is 2.05. The Hall–Kier alpha value is -0.930. The number of rotatable bonds is 6. The standard InChI is InChI=1S/C14H23FN2/c1-4-11(2)14(9-16)17(3)10-12-6-5-7-13(15)8-12/h5-8,11,14H,4,9-10,16H2,1-3H3. The Morgan fingerprint density at radius 1 is 1.41 bits per heavy atom. The minimum absolute atomic E-state index is 0.177. The summed E-state index contributed by atoms with van der Waals surface area (Å²) in [4.78, 5) is 2.21. The molecule has 1 rings (SSSR count). The van der Waals surface area contributed by atoms with E-state index in [2.05, 4.69) is 25.8 Å². The van der Waals surface area contributed by atoms with Gasteiger partial charge < -0.3 is 5.73 Å². The maximum absolute atomic E-state index is 13.1. The van der Waals surface area contributed by atoms with Crippen LogP contribution in [0.1, 0.15) is 25.8 Å². The van der Waals surface area contributed by atoms with Crippen LogP contribution in [0.25, 0.3) is 0 Å². The molecule has 2 N–H and O–H groups in total. The van der Waals surface area contributed by atoms with Crippen molar-refractivity contribution in [3.63, 3.8) is 0 Å². The second kappa shape index (κ2) is 6.72. The van der Waals surface area contributed by atoms with Crippen molar-refractivity contribution in [1.82, 2.24) is 4.90 Å². The predicted octanol–water partition coefficient (Wildman–Crippen LogP) is 2.63. The zero-order valence-corrected chi connectivity index (χ0v) is 11.0. The van der Waals surface area contributed by atoms with Crippen molar-refractivity contribution in [3.05, 3.63) is 35.6 Å². The third kappa shape index (κ3) is 4.10. The number of halogens is 1. The fourth-order valence-electron chi connectivity index (χ4n) is 2.16. The van der Waals surface area contributed by atoms with Gasteiger partial charge >= 0.3 is 0 Å². The minimum Gasteiger partial charge on any atom is -0.329 e. The van der Waals surface area contributed by atoms with Gasteiger partial charge in [-0.3, -0.25) is 4.90 Å². The normalized spacial score (nSPS) is 14.9. The maximum Gasteiger partial charge on any atom is 0.123 e. The van der Waals surface area contributed by atoms with Crippen molar-refractivity contribution < 1.29 is 4.39 Å². The zero-order valence-electron chi connectivity index (χ0n) is 11.0. The van der Waals surface area contributed by atoms with Gasteiger partial charge in [-0.1, -0.05) is 32.4 Å². The first-order chi connectivity index (χ1) is 8.08. The predicted molar refractivity (Wildman–Crippen MR) is 70.2 cm³/mol. The summed E-state index contributed by atoms with van der Waals surface area (Å²) in [6.07, 6.45) is 1.11. The summed E-state index contributed by atoms with van der Waals surface area (Å²) in [5.74, 6) is 0.377. The van der Waals surface area contributed by atoms with Gasteiger partial charge in [-0.05, 0) is 30.7 Å². The monoisotopic (exact) mass is 238 g/mol. The summed E-state index contributed by atoms with van der Waals surface area (Å²) >= 11 is 0. The van der Waals surface area contributed by atoms with Gasteiger partial charge in [-0.15, -0.1) is 0 Å². The van der Waals surface area contributed by atoms with Crippen LogP contribution in [-0.4, -0.2) is 24.5 Å². The van der Waals surface area contributed by atoms with Crippen LogP contribution in [0.15, 0.2) is 24.3 Å². The van der Waals surface area contributed by atoms with Crippen LogP contribution >= 0.6 is 0 Å². The molecule has 17 heavy (non-hydrogen) atoms. The highest BCUT2D eigenvalue weighted by atomic mass is 19.1. The van der Waals surface area contributed by atoms with E-state index in [4.69, 9.17) is 5.73 Å². The van der Waals surface area contributed by atoms with Crippen molar-refractivity contribution >= 4 is 0 Å². The smallest absolute Gasteiger partial charge is 0.123 e. The van der Waals surface area contributed by atoms with Crippen LogP contribution in [0.3, 0.4) is 0 Å². The summed E-state index contributed by atoms with van der Waals surface area (Å²) in [6, 6.07) is 7.10. The molecule has 0 aliphatic heterocycles. The molecule has 0 fully saturated rings. The van der Waals surface area contributed by atoms with Crippen LogP contribution in [0.2, 0.25) is 0 Å². The highest BCUT2D eigenvalue weighted by Gasteiger charge is 2.19. The number of hydrogen-bond acceptors (Lipinski definition) is 2. The van der Waals surface area contributed by atoms with Crippen LogP contribution < -0.4 is 5.73 Å². The molecule has 0 saturated carbocycles. The van der Waals surface area contributed by atoms with E-state index in [1.807, 2.05) is 6.07 Å². The largest absolute Gasteiger partial charge is 0.329 e. The molecule has 0 heterocycles. The number of likely N-dealkylation sites (N-methyl/N-ethyl adjacent to an activating group) is 1. The van der Waals surface area contributed by atoms with Gasteiger partial charge in [0.15, 0.2) is 0 Å². The highest BCUT2D eigenvalue weighted by Crippen LogP contribution is 2.15. The van der Waals surface area contributed by atoms with Gasteiger partial charge in [0.05, 0.1) is 0 Å². The van der Waals surface area contributed by atoms with E-state index in [-0.39, 0.29) is 5.82 Å². The van der Waals surface area contributed by atoms with Gasteiger partial charge in [0.2, 0.25) is 0 Å². The number of nitrogens with two attached hydrogens (primary N) is 1. The number of benzene rings is 1. The van der Waals surface area contributed by atoms with Gasteiger partial charge in [0.1, 0.15) is 5.82 Å². The lowest BCUT2D eigenvalue weighted by Gasteiger charge is -2.31. The molecule has 2 nitrogen and oxygen atoms in total. The van der Waals surface area contributed by atoms with Crippen molar-refractivity contribution in [2.45, 2.75) is 32.9 Å². The maximum atomic E-state index is 13.1. The van der Waals surface area contributed by atoms with E-state index >= 15 is 0 Å². The van der Waals surface area contributed by atoms with Crippen molar-refractivity contribution in [2.75, 3.05) is 13.6 Å². The number of nitrogens with zero attached hydrogens (tertiary/aromatic N) is 1. The van der Waals surface area contributed by atoms with E-state index in [1.54, 1.807) is 12.1 Å². The van der Waals surface area contributed by atoms with Crippen LogP contribution in [0.5, 0.6) is 0 Å². The lowest BCUT2D eigenvalue weighted by molar-refractivity contribution is 0.178. The number of hydrogen-bond donors (Lipinski definition) is 1. The molecule has 1 aromatic rings. The molecule has 0 aliphatic rings. The Balaban J connectivity index is 2.66. The topological polar surface area (TPSA) is 29.3 Å². The molecular weight excluding hydrogens is 215 g/mol. The molecule has 3 heteroatoms. The third-order valence-electron chi connectivity index (χ3n) is 3.43. The van der Waals surface area contributed by atoms with E-state index in [9.17, 15) is 4.39 Å². The second-order valence-electron chi connectivity index (χ2n) is 4.73. The lowest BCUT2D eigenvalue weighted by Crippen LogP contribution is -2.42. The minimum atomic E-state index is -0.177. The van der Waals surface area contributed by atoms with E-state index in [0.29, 0.717) is 18.5 Å². The Morgan fingerprint density at radius 3 is 2.65 bits per heavy atom. The Morgan fingerprint density at radius 2 is 2.12 bits per heavy atom. The second-order valence-corrected chi connectivity index (χ2v) is 4.73.